The fourth-order valence-corrected chi connectivity index (χ4v) is 1.21. The minimum atomic E-state index is -1.09. The lowest BCUT2D eigenvalue weighted by molar-refractivity contribution is -0.153. The summed E-state index contributed by atoms with van der Waals surface area (Å²) < 4.78 is 9.39. The van der Waals surface area contributed by atoms with Gasteiger partial charge >= 0.3 is 23.9 Å². The van der Waals surface area contributed by atoms with E-state index in [0.29, 0.717) is 12.8 Å². The number of carbonyl (C=O) groups is 4. The van der Waals surface area contributed by atoms with Crippen molar-refractivity contribution in [1.82, 2.24) is 0 Å². The Balaban J connectivity index is 3.45. The molecule has 8 nitrogen and oxygen atoms in total. The van der Waals surface area contributed by atoms with Crippen LogP contribution < -0.4 is 0 Å². The summed E-state index contributed by atoms with van der Waals surface area (Å²) in [6.07, 6.45) is 0.410. The molecule has 0 aromatic heterocycles. The molecule has 0 saturated heterocycles. The summed E-state index contributed by atoms with van der Waals surface area (Å²) in [5, 5.41) is 16.7. The van der Waals surface area contributed by atoms with Gasteiger partial charge in [0.05, 0.1) is 12.8 Å². The van der Waals surface area contributed by atoms with Crippen molar-refractivity contribution in [3.05, 3.63) is 0 Å². The molecule has 0 aliphatic carbocycles. The van der Waals surface area contributed by atoms with Crippen molar-refractivity contribution in [2.45, 2.75) is 38.5 Å². The summed E-state index contributed by atoms with van der Waals surface area (Å²) >= 11 is 0. The lowest BCUT2D eigenvalue weighted by Crippen LogP contribution is -2.14. The maximum Gasteiger partial charge on any atom is 0.306 e. The van der Waals surface area contributed by atoms with Crippen molar-refractivity contribution in [2.75, 3.05) is 13.2 Å². The molecule has 0 amide bonds. The first-order valence-corrected chi connectivity index (χ1v) is 6.16. The first-order chi connectivity index (χ1) is 9.41. The monoisotopic (exact) mass is 290 g/mol. The molecule has 20 heavy (non-hydrogen) atoms. The molecule has 0 radical (unpaired) electrons. The van der Waals surface area contributed by atoms with Crippen molar-refractivity contribution in [3.63, 3.8) is 0 Å². The van der Waals surface area contributed by atoms with Crippen LogP contribution in [0, 0.1) is 0 Å². The first kappa shape index (κ1) is 17.9. The van der Waals surface area contributed by atoms with Crippen LogP contribution in [0.1, 0.15) is 38.5 Å². The van der Waals surface area contributed by atoms with Gasteiger partial charge in [0.25, 0.3) is 0 Å². The molecule has 0 atom stereocenters. The molecule has 0 fully saturated rings. The molecular weight excluding hydrogens is 272 g/mol. The van der Waals surface area contributed by atoms with Crippen LogP contribution in [-0.2, 0) is 28.7 Å². The average Bonchev–Trinajstić information content (AvgIpc) is 2.37. The number of carboxylic acids is 2. The third-order valence-electron chi connectivity index (χ3n) is 2.17. The van der Waals surface area contributed by atoms with Crippen LogP contribution in [0.2, 0.25) is 0 Å². The molecule has 114 valence electrons. The first-order valence-electron chi connectivity index (χ1n) is 6.16. The van der Waals surface area contributed by atoms with E-state index in [9.17, 15) is 19.2 Å². The van der Waals surface area contributed by atoms with Crippen molar-refractivity contribution in [1.29, 1.82) is 0 Å². The molecule has 0 aliphatic rings. The fourth-order valence-electron chi connectivity index (χ4n) is 1.21. The molecule has 0 heterocycles. The maximum absolute atomic E-state index is 11.2. The van der Waals surface area contributed by atoms with E-state index in [-0.39, 0.29) is 38.9 Å². The Hall–Kier alpha value is -2.12. The summed E-state index contributed by atoms with van der Waals surface area (Å²) in [7, 11) is 0. The molecule has 0 rings (SSSR count). The Morgan fingerprint density at radius 1 is 0.650 bits per heavy atom. The quantitative estimate of drug-likeness (QED) is 0.418. The van der Waals surface area contributed by atoms with Gasteiger partial charge in [-0.05, 0) is 12.8 Å². The molecule has 0 bridgehead atoms. The minimum Gasteiger partial charge on any atom is -0.481 e. The summed E-state index contributed by atoms with van der Waals surface area (Å²) in [6.45, 7) is -0.226. The molecule has 0 aromatic carbocycles. The zero-order valence-corrected chi connectivity index (χ0v) is 11.0. The second-order valence-corrected chi connectivity index (χ2v) is 3.94. The number of hydrogen-bond donors (Lipinski definition) is 2. The van der Waals surface area contributed by atoms with Gasteiger partial charge in [-0.25, -0.2) is 0 Å². The van der Waals surface area contributed by atoms with E-state index >= 15 is 0 Å². The molecule has 0 aromatic rings. The fraction of sp³-hybridized carbons (Fsp3) is 0.667. The zero-order valence-electron chi connectivity index (χ0n) is 11.0. The molecule has 2 N–H and O–H groups in total. The largest absolute Gasteiger partial charge is 0.481 e. The van der Waals surface area contributed by atoms with Gasteiger partial charge in [-0.15, -0.1) is 0 Å². The molecule has 0 saturated carbocycles. The second-order valence-electron chi connectivity index (χ2n) is 3.94. The molecule has 0 aliphatic heterocycles. The Labute approximate surface area is 115 Å². The van der Waals surface area contributed by atoms with E-state index in [0.717, 1.165) is 0 Å². The van der Waals surface area contributed by atoms with Crippen LogP contribution in [0.15, 0.2) is 0 Å². The van der Waals surface area contributed by atoms with Gasteiger partial charge in [-0.2, -0.15) is 0 Å². The smallest absolute Gasteiger partial charge is 0.306 e. The van der Waals surface area contributed by atoms with E-state index < -0.39 is 23.9 Å². The van der Waals surface area contributed by atoms with Gasteiger partial charge in [0.15, 0.2) is 0 Å². The lowest BCUT2D eigenvalue weighted by atomic mass is 10.2. The standard InChI is InChI=1S/C12H18O8/c13-9(14)3-1-2-4-11(17)19-7-8-20-12(18)6-5-10(15)16/h1-8H2,(H,13,14)(H,15,16). The Bertz CT molecular complexity index is 349. The van der Waals surface area contributed by atoms with Gasteiger partial charge in [0, 0.05) is 12.8 Å². The third-order valence-corrected chi connectivity index (χ3v) is 2.17. The molecular formula is C12H18O8. The van der Waals surface area contributed by atoms with Crippen LogP contribution in [-0.4, -0.2) is 47.3 Å². The van der Waals surface area contributed by atoms with Crippen LogP contribution in [0.5, 0.6) is 0 Å². The van der Waals surface area contributed by atoms with Gasteiger partial charge < -0.3 is 19.7 Å². The topological polar surface area (TPSA) is 127 Å². The van der Waals surface area contributed by atoms with E-state index in [1.165, 1.54) is 0 Å². The van der Waals surface area contributed by atoms with E-state index in [4.69, 9.17) is 14.9 Å². The SMILES string of the molecule is O=C(O)CCCCC(=O)OCCOC(=O)CCC(=O)O. The van der Waals surface area contributed by atoms with Crippen molar-refractivity contribution >= 4 is 23.9 Å². The summed E-state index contributed by atoms with van der Waals surface area (Å²) in [5.74, 6) is -3.15. The van der Waals surface area contributed by atoms with E-state index in [1.807, 2.05) is 0 Å². The van der Waals surface area contributed by atoms with Gasteiger partial charge in [0.1, 0.15) is 13.2 Å². The molecule has 0 unspecified atom stereocenters. The Kier molecular flexibility index (Phi) is 9.63. The predicted molar refractivity (Wildman–Crippen MR) is 64.9 cm³/mol. The highest BCUT2D eigenvalue weighted by Crippen LogP contribution is 2.01. The van der Waals surface area contributed by atoms with Gasteiger partial charge in [-0.1, -0.05) is 0 Å². The van der Waals surface area contributed by atoms with E-state index in [1.54, 1.807) is 0 Å². The van der Waals surface area contributed by atoms with Crippen LogP contribution in [0.4, 0.5) is 0 Å². The highest BCUT2D eigenvalue weighted by atomic mass is 16.6. The van der Waals surface area contributed by atoms with Crippen molar-refractivity contribution in [2.24, 2.45) is 0 Å². The third kappa shape index (κ3) is 12.3. The minimum absolute atomic E-state index is 0.00840. The zero-order chi connectivity index (χ0) is 15.4. The van der Waals surface area contributed by atoms with E-state index in [2.05, 4.69) is 4.74 Å². The number of aliphatic carboxylic acids is 2. The lowest BCUT2D eigenvalue weighted by Gasteiger charge is -2.05. The van der Waals surface area contributed by atoms with Crippen LogP contribution >= 0.6 is 0 Å². The molecule has 0 spiro atoms. The summed E-state index contributed by atoms with van der Waals surface area (Å²) in [6, 6.07) is 0. The second kappa shape index (κ2) is 10.8. The van der Waals surface area contributed by atoms with Crippen molar-refractivity contribution < 1.29 is 38.9 Å². The van der Waals surface area contributed by atoms with Crippen LogP contribution in [0.25, 0.3) is 0 Å². The normalized spacial score (nSPS) is 9.80. The Morgan fingerprint density at radius 3 is 1.60 bits per heavy atom. The Morgan fingerprint density at radius 2 is 1.10 bits per heavy atom. The number of unbranched alkanes of at least 4 members (excludes halogenated alkanes) is 1. The average molecular weight is 290 g/mol. The molecule has 8 heteroatoms. The number of carboxylic acid groups (broad SMARTS) is 2. The van der Waals surface area contributed by atoms with Crippen molar-refractivity contribution in [3.8, 4) is 0 Å². The number of carbonyl (C=O) groups excluding carboxylic acids is 2. The number of ether oxygens (including phenoxy) is 2. The maximum atomic E-state index is 11.2. The highest BCUT2D eigenvalue weighted by molar-refractivity contribution is 5.76. The summed E-state index contributed by atoms with van der Waals surface area (Å²) in [4.78, 5) is 42.5. The highest BCUT2D eigenvalue weighted by Gasteiger charge is 2.07. The number of hydrogen-bond acceptors (Lipinski definition) is 6. The summed E-state index contributed by atoms with van der Waals surface area (Å²) in [5.41, 5.74) is 0. The van der Waals surface area contributed by atoms with Crippen LogP contribution in [0.3, 0.4) is 0 Å². The predicted octanol–water partition coefficient (Wildman–Crippen LogP) is 0.583. The number of rotatable bonds is 11. The number of esters is 2. The van der Waals surface area contributed by atoms with Gasteiger partial charge in [0.2, 0.25) is 0 Å². The van der Waals surface area contributed by atoms with Gasteiger partial charge in [-0.3, -0.25) is 19.2 Å².